The Labute approximate surface area is 308 Å². The highest BCUT2D eigenvalue weighted by atomic mass is 32.1. The standard InChI is InChI=1S/C38H45F10NO3S/c1-4-23-19-26(21-32(39)30(23)22-49(3)15-5-18-53)52-25-8-10-27-24(20-25)7-9-29-28(27)13-14-34(2)31(29)11-12-33(34)50-16-6-17-51-35(36(40,41)42,37(43,44)45)38(46,47)48/h4,8,10,19-21,28-29,31,33,53H,1,5-7,9,11-18,22H2,2-3H3. The van der Waals surface area contributed by atoms with Crippen molar-refractivity contribution in [2.45, 2.75) is 101 Å². The molecule has 2 fully saturated rings. The summed E-state index contributed by atoms with van der Waals surface area (Å²) in [7, 11) is 1.93. The van der Waals surface area contributed by atoms with Crippen LogP contribution in [0.15, 0.2) is 36.9 Å². The van der Waals surface area contributed by atoms with Crippen LogP contribution in [0.1, 0.15) is 80.0 Å². The fraction of sp³-hybridized carbons (Fsp3) is 0.632. The molecule has 296 valence electrons. The van der Waals surface area contributed by atoms with Crippen LogP contribution in [0.4, 0.5) is 43.9 Å². The highest BCUT2D eigenvalue weighted by molar-refractivity contribution is 7.80. The van der Waals surface area contributed by atoms with E-state index in [1.54, 1.807) is 12.1 Å². The first-order valence-electron chi connectivity index (χ1n) is 17.8. The van der Waals surface area contributed by atoms with Gasteiger partial charge in [-0.3, -0.25) is 0 Å². The van der Waals surface area contributed by atoms with E-state index in [0.717, 1.165) is 56.4 Å². The molecule has 0 aliphatic heterocycles. The Hall–Kier alpha value is -2.49. The molecule has 0 spiro atoms. The molecule has 2 aromatic carbocycles. The van der Waals surface area contributed by atoms with E-state index < -0.39 is 37.2 Å². The first-order valence-corrected chi connectivity index (χ1v) is 18.4. The van der Waals surface area contributed by atoms with Gasteiger partial charge in [0.15, 0.2) is 0 Å². The summed E-state index contributed by atoms with van der Waals surface area (Å²) >= 11 is 4.24. The SMILES string of the molecule is C=Cc1cc(Oc2ccc3c(c2)CCC2C3CCC3(C)C(OCCCOC(C(F)(F)F)(C(F)(F)F)C(F)(F)F)CCC23)cc(F)c1CN(C)CCCS. The number of alkyl halides is 9. The van der Waals surface area contributed by atoms with Crippen molar-refractivity contribution in [2.75, 3.05) is 32.6 Å². The first kappa shape index (κ1) is 41.7. The van der Waals surface area contributed by atoms with Gasteiger partial charge in [0.2, 0.25) is 0 Å². The third kappa shape index (κ3) is 8.23. The summed E-state index contributed by atoms with van der Waals surface area (Å²) in [5, 5.41) is 0. The normalized spacial score (nSPS) is 24.9. The van der Waals surface area contributed by atoms with Crippen LogP contribution < -0.4 is 4.74 Å². The van der Waals surface area contributed by atoms with Crippen LogP contribution >= 0.6 is 12.6 Å². The molecule has 0 amide bonds. The molecule has 15 heteroatoms. The molecule has 0 bridgehead atoms. The molecule has 3 aliphatic rings. The van der Waals surface area contributed by atoms with Crippen molar-refractivity contribution in [3.05, 3.63) is 65.0 Å². The van der Waals surface area contributed by atoms with Crippen molar-refractivity contribution < 1.29 is 58.1 Å². The number of ether oxygens (including phenoxy) is 3. The van der Waals surface area contributed by atoms with Gasteiger partial charge in [0.1, 0.15) is 17.3 Å². The minimum atomic E-state index is -6.76. The number of fused-ring (bicyclic) bond motifs is 5. The Balaban J connectivity index is 1.20. The Morgan fingerprint density at radius 2 is 1.60 bits per heavy atom. The zero-order valence-corrected chi connectivity index (χ0v) is 30.5. The van der Waals surface area contributed by atoms with Gasteiger partial charge in [-0.05, 0) is 129 Å². The average Bonchev–Trinajstić information content (AvgIpc) is 3.40. The summed E-state index contributed by atoms with van der Waals surface area (Å²) in [6, 6.07) is 9.11. The molecule has 3 aliphatic carbocycles. The summed E-state index contributed by atoms with van der Waals surface area (Å²) in [4.78, 5) is 2.03. The van der Waals surface area contributed by atoms with Crippen LogP contribution in [0, 0.1) is 23.1 Å². The number of hydrogen-bond donors (Lipinski definition) is 1. The van der Waals surface area contributed by atoms with Gasteiger partial charge in [-0.1, -0.05) is 25.6 Å². The molecule has 4 nitrogen and oxygen atoms in total. The van der Waals surface area contributed by atoms with Gasteiger partial charge in [-0.15, -0.1) is 0 Å². The molecule has 2 aromatic rings. The highest BCUT2D eigenvalue weighted by Crippen LogP contribution is 2.62. The van der Waals surface area contributed by atoms with Gasteiger partial charge in [-0.2, -0.15) is 52.1 Å². The quantitative estimate of drug-likeness (QED) is 0.117. The Morgan fingerprint density at radius 3 is 2.25 bits per heavy atom. The molecule has 0 N–H and O–H groups in total. The lowest BCUT2D eigenvalue weighted by atomic mass is 9.55. The van der Waals surface area contributed by atoms with Crippen LogP contribution in [0.2, 0.25) is 0 Å². The second-order valence-corrected chi connectivity index (χ2v) is 15.2. The second kappa shape index (κ2) is 15.9. The molecular formula is C38H45F10NO3S. The number of aryl methyl sites for hydroxylation is 1. The van der Waals surface area contributed by atoms with Crippen molar-refractivity contribution in [1.29, 1.82) is 0 Å². The van der Waals surface area contributed by atoms with Gasteiger partial charge in [-0.25, -0.2) is 4.39 Å². The fourth-order valence-corrected chi connectivity index (χ4v) is 9.09. The minimum absolute atomic E-state index is 0.246. The lowest BCUT2D eigenvalue weighted by molar-refractivity contribution is -0.457. The maximum Gasteiger partial charge on any atom is 0.435 e. The van der Waals surface area contributed by atoms with Crippen molar-refractivity contribution in [3.8, 4) is 11.5 Å². The van der Waals surface area contributed by atoms with E-state index in [2.05, 4.69) is 36.9 Å². The number of benzene rings is 2. The number of thiol groups is 1. The third-order valence-corrected chi connectivity index (χ3v) is 11.8. The number of rotatable bonds is 14. The van der Waals surface area contributed by atoms with E-state index >= 15 is 4.39 Å². The monoisotopic (exact) mass is 785 g/mol. The van der Waals surface area contributed by atoms with E-state index in [1.807, 2.05) is 24.1 Å². The number of nitrogens with zero attached hydrogens (tertiary/aromatic N) is 1. The number of hydrogen-bond acceptors (Lipinski definition) is 5. The van der Waals surface area contributed by atoms with Gasteiger partial charge in [0.25, 0.3) is 0 Å². The van der Waals surface area contributed by atoms with Gasteiger partial charge in [0.05, 0.1) is 12.7 Å². The summed E-state index contributed by atoms with van der Waals surface area (Å²) < 4.78 is 150. The number of halogens is 10. The highest BCUT2D eigenvalue weighted by Gasteiger charge is 2.85. The molecule has 0 saturated heterocycles. The van der Waals surface area contributed by atoms with E-state index in [0.29, 0.717) is 41.5 Å². The van der Waals surface area contributed by atoms with Crippen molar-refractivity contribution >= 4 is 18.7 Å². The molecule has 53 heavy (non-hydrogen) atoms. The second-order valence-electron chi connectivity index (χ2n) is 14.7. The predicted octanol–water partition coefficient (Wildman–Crippen LogP) is 11.1. The Kier molecular flexibility index (Phi) is 12.5. The molecule has 0 heterocycles. The summed E-state index contributed by atoms with van der Waals surface area (Å²) in [6.45, 7) is 5.37. The van der Waals surface area contributed by atoms with Crippen molar-refractivity contribution in [2.24, 2.45) is 17.3 Å². The molecule has 0 aromatic heterocycles. The van der Waals surface area contributed by atoms with Crippen LogP contribution in [-0.2, 0) is 22.4 Å². The van der Waals surface area contributed by atoms with Crippen LogP contribution in [0.3, 0.4) is 0 Å². The summed E-state index contributed by atoms with van der Waals surface area (Å²) in [6.07, 6.45) is -14.0. The maximum absolute atomic E-state index is 15.3. The predicted molar refractivity (Wildman–Crippen MR) is 184 cm³/mol. The third-order valence-electron chi connectivity index (χ3n) is 11.5. The van der Waals surface area contributed by atoms with Gasteiger partial charge in [0, 0.05) is 24.8 Å². The molecule has 5 atom stereocenters. The van der Waals surface area contributed by atoms with Gasteiger partial charge < -0.3 is 19.1 Å². The lowest BCUT2D eigenvalue weighted by Gasteiger charge is -2.50. The van der Waals surface area contributed by atoms with E-state index in [-0.39, 0.29) is 35.8 Å². The van der Waals surface area contributed by atoms with E-state index in [4.69, 9.17) is 9.47 Å². The molecule has 5 rings (SSSR count). The molecule has 0 radical (unpaired) electrons. The molecular weight excluding hydrogens is 740 g/mol. The maximum atomic E-state index is 15.3. The first-order chi connectivity index (χ1) is 24.8. The van der Waals surface area contributed by atoms with Crippen molar-refractivity contribution in [1.82, 2.24) is 4.90 Å². The average molecular weight is 786 g/mol. The largest absolute Gasteiger partial charge is 0.457 e. The van der Waals surface area contributed by atoms with E-state index in [9.17, 15) is 39.5 Å². The van der Waals surface area contributed by atoms with Crippen LogP contribution in [0.25, 0.3) is 6.08 Å². The minimum Gasteiger partial charge on any atom is -0.457 e. The zero-order valence-electron chi connectivity index (χ0n) is 29.6. The zero-order chi connectivity index (χ0) is 39.0. The Morgan fingerprint density at radius 1 is 0.906 bits per heavy atom. The van der Waals surface area contributed by atoms with Crippen LogP contribution in [0.5, 0.6) is 11.5 Å². The van der Waals surface area contributed by atoms with Gasteiger partial charge >= 0.3 is 24.1 Å². The molecule has 5 unspecified atom stereocenters. The fourth-order valence-electron chi connectivity index (χ4n) is 8.95. The summed E-state index contributed by atoms with van der Waals surface area (Å²) in [5.41, 5.74) is -3.02. The smallest absolute Gasteiger partial charge is 0.435 e. The Bertz CT molecular complexity index is 1560. The molecule has 2 saturated carbocycles. The van der Waals surface area contributed by atoms with E-state index in [1.165, 1.54) is 11.6 Å². The van der Waals surface area contributed by atoms with Crippen LogP contribution in [-0.4, -0.2) is 67.7 Å². The lowest BCUT2D eigenvalue weighted by Crippen LogP contribution is -2.67. The van der Waals surface area contributed by atoms with Crippen molar-refractivity contribution in [3.63, 3.8) is 0 Å². The summed E-state index contributed by atoms with van der Waals surface area (Å²) in [5.74, 6) is 2.15. The topological polar surface area (TPSA) is 30.9 Å².